The van der Waals surface area contributed by atoms with Gasteiger partial charge in [-0.15, -0.1) is 0 Å². The summed E-state index contributed by atoms with van der Waals surface area (Å²) in [5.41, 5.74) is 0.979. The Kier molecular flexibility index (Phi) is 9.73. The first-order valence-corrected chi connectivity index (χ1v) is 9.49. The standard InChI is InChI=1S/C9H9Br3O3S.C2H6O/c1-16(13,14)15-3-2-7-8(11)4-6(10)5-9(7)12;1-2-3/h4-5H,2-3H2,1H3;3H,2H2,1H3. The summed E-state index contributed by atoms with van der Waals surface area (Å²) in [4.78, 5) is 0. The summed E-state index contributed by atoms with van der Waals surface area (Å²) < 4.78 is 29.0. The van der Waals surface area contributed by atoms with Crippen molar-refractivity contribution in [2.24, 2.45) is 0 Å². The monoisotopic (exact) mass is 480 g/mol. The third-order valence-corrected chi connectivity index (χ3v) is 4.22. The van der Waals surface area contributed by atoms with E-state index in [4.69, 9.17) is 9.29 Å². The molecule has 0 heterocycles. The summed E-state index contributed by atoms with van der Waals surface area (Å²) in [5.74, 6) is 0. The van der Waals surface area contributed by atoms with Crippen molar-refractivity contribution in [3.63, 3.8) is 0 Å². The first kappa shape index (κ1) is 19.5. The van der Waals surface area contributed by atoms with E-state index in [1.165, 1.54) is 0 Å². The van der Waals surface area contributed by atoms with Crippen LogP contribution in [0, 0.1) is 0 Å². The van der Waals surface area contributed by atoms with Crippen LogP contribution in [0.5, 0.6) is 0 Å². The van der Waals surface area contributed by atoms with Crippen LogP contribution in [0.25, 0.3) is 0 Å². The minimum atomic E-state index is -3.37. The molecule has 1 rings (SSSR count). The summed E-state index contributed by atoms with van der Waals surface area (Å²) in [6.07, 6.45) is 1.56. The third-order valence-electron chi connectivity index (χ3n) is 1.76. The number of halogens is 3. The van der Waals surface area contributed by atoms with Crippen LogP contribution in [0.1, 0.15) is 12.5 Å². The molecule has 0 aliphatic rings. The molecule has 0 aliphatic heterocycles. The van der Waals surface area contributed by atoms with Gasteiger partial charge < -0.3 is 5.11 Å². The molecule has 0 fully saturated rings. The molecule has 4 nitrogen and oxygen atoms in total. The zero-order valence-electron chi connectivity index (χ0n) is 10.5. The van der Waals surface area contributed by atoms with Crippen molar-refractivity contribution in [1.82, 2.24) is 0 Å². The second-order valence-electron chi connectivity index (χ2n) is 3.44. The summed E-state index contributed by atoms with van der Waals surface area (Å²) >= 11 is 10.2. The van der Waals surface area contributed by atoms with Gasteiger partial charge in [0.2, 0.25) is 0 Å². The predicted octanol–water partition coefficient (Wildman–Crippen LogP) is 3.49. The summed E-state index contributed by atoms with van der Waals surface area (Å²) in [6, 6.07) is 3.81. The van der Waals surface area contributed by atoms with Crippen molar-refractivity contribution in [2.75, 3.05) is 19.5 Å². The molecule has 110 valence electrons. The van der Waals surface area contributed by atoms with Crippen LogP contribution in [0.15, 0.2) is 25.6 Å². The molecule has 1 aromatic rings. The number of benzene rings is 1. The van der Waals surface area contributed by atoms with Gasteiger partial charge in [-0.25, -0.2) is 0 Å². The van der Waals surface area contributed by atoms with E-state index in [1.807, 2.05) is 12.1 Å². The van der Waals surface area contributed by atoms with Gasteiger partial charge in [-0.05, 0) is 31.0 Å². The van der Waals surface area contributed by atoms with Gasteiger partial charge in [0.05, 0.1) is 12.9 Å². The van der Waals surface area contributed by atoms with Crippen molar-refractivity contribution in [3.05, 3.63) is 31.1 Å². The fourth-order valence-electron chi connectivity index (χ4n) is 1.11. The van der Waals surface area contributed by atoms with E-state index in [-0.39, 0.29) is 13.2 Å². The molecule has 0 saturated carbocycles. The molecule has 0 aromatic heterocycles. The molecule has 8 heteroatoms. The van der Waals surface area contributed by atoms with E-state index in [9.17, 15) is 8.42 Å². The highest BCUT2D eigenvalue weighted by Gasteiger charge is 2.08. The van der Waals surface area contributed by atoms with Crippen LogP contribution in [0.2, 0.25) is 0 Å². The van der Waals surface area contributed by atoms with Crippen molar-refractivity contribution >= 4 is 57.9 Å². The lowest BCUT2D eigenvalue weighted by Gasteiger charge is -2.08. The first-order chi connectivity index (χ1) is 8.71. The van der Waals surface area contributed by atoms with Gasteiger partial charge >= 0.3 is 0 Å². The molecule has 0 spiro atoms. The van der Waals surface area contributed by atoms with Gasteiger partial charge in [0.1, 0.15) is 0 Å². The van der Waals surface area contributed by atoms with Gasteiger partial charge in [-0.1, -0.05) is 47.8 Å². The SMILES string of the molecule is CCO.CS(=O)(=O)OCCc1c(Br)cc(Br)cc1Br. The molecule has 0 saturated heterocycles. The Morgan fingerprint density at radius 3 is 2.00 bits per heavy atom. The Labute approximate surface area is 139 Å². The Hall–Kier alpha value is 0.530. The minimum Gasteiger partial charge on any atom is -0.397 e. The minimum absolute atomic E-state index is 0.137. The third kappa shape index (κ3) is 9.14. The van der Waals surface area contributed by atoms with Crippen LogP contribution in [0.3, 0.4) is 0 Å². The van der Waals surface area contributed by atoms with Crippen molar-refractivity contribution in [2.45, 2.75) is 13.3 Å². The van der Waals surface area contributed by atoms with Crippen molar-refractivity contribution in [3.8, 4) is 0 Å². The summed E-state index contributed by atoms with van der Waals surface area (Å²) in [5, 5.41) is 7.57. The number of hydrogen-bond acceptors (Lipinski definition) is 4. The zero-order valence-corrected chi connectivity index (χ0v) is 16.1. The quantitative estimate of drug-likeness (QED) is 0.667. The van der Waals surface area contributed by atoms with E-state index >= 15 is 0 Å². The predicted molar refractivity (Wildman–Crippen MR) is 86.8 cm³/mol. The molecule has 0 unspecified atom stereocenters. The molecule has 0 amide bonds. The van der Waals surface area contributed by atoms with Crippen LogP contribution in [-0.2, 0) is 20.7 Å². The van der Waals surface area contributed by atoms with Gasteiger partial charge in [0.25, 0.3) is 10.1 Å². The molecule has 1 N–H and O–H groups in total. The van der Waals surface area contributed by atoms with Crippen LogP contribution < -0.4 is 0 Å². The van der Waals surface area contributed by atoms with Crippen molar-refractivity contribution in [1.29, 1.82) is 0 Å². The summed E-state index contributed by atoms with van der Waals surface area (Å²) in [7, 11) is -3.37. The maximum absolute atomic E-state index is 10.8. The highest BCUT2D eigenvalue weighted by atomic mass is 79.9. The fourth-order valence-corrected chi connectivity index (χ4v) is 4.15. The molecule has 0 bridgehead atoms. The van der Waals surface area contributed by atoms with E-state index in [2.05, 4.69) is 47.8 Å². The maximum atomic E-state index is 10.8. The fraction of sp³-hybridized carbons (Fsp3) is 0.455. The van der Waals surface area contributed by atoms with Crippen LogP contribution >= 0.6 is 47.8 Å². The lowest BCUT2D eigenvalue weighted by Crippen LogP contribution is -2.06. The Morgan fingerprint density at radius 1 is 1.21 bits per heavy atom. The normalized spacial score (nSPS) is 10.8. The van der Waals surface area contributed by atoms with E-state index < -0.39 is 10.1 Å². The molecule has 0 atom stereocenters. The van der Waals surface area contributed by atoms with Crippen LogP contribution in [0.4, 0.5) is 0 Å². The highest BCUT2D eigenvalue weighted by molar-refractivity contribution is 9.11. The topological polar surface area (TPSA) is 63.6 Å². The first-order valence-electron chi connectivity index (χ1n) is 5.30. The second kappa shape index (κ2) is 9.46. The Morgan fingerprint density at radius 2 is 1.63 bits per heavy atom. The molecule has 0 radical (unpaired) electrons. The van der Waals surface area contributed by atoms with E-state index in [0.717, 1.165) is 25.2 Å². The molecule has 19 heavy (non-hydrogen) atoms. The lowest BCUT2D eigenvalue weighted by atomic mass is 10.2. The molecule has 0 aliphatic carbocycles. The van der Waals surface area contributed by atoms with Crippen LogP contribution in [-0.4, -0.2) is 33.0 Å². The van der Waals surface area contributed by atoms with Gasteiger partial charge in [0.15, 0.2) is 0 Å². The lowest BCUT2D eigenvalue weighted by molar-refractivity contribution is 0.318. The average Bonchev–Trinajstić information content (AvgIpc) is 2.21. The van der Waals surface area contributed by atoms with E-state index in [1.54, 1.807) is 6.92 Å². The number of aliphatic hydroxyl groups is 1. The second-order valence-corrected chi connectivity index (χ2v) is 7.71. The molecular weight excluding hydrogens is 468 g/mol. The Bertz CT molecular complexity index is 480. The number of hydrogen-bond donors (Lipinski definition) is 1. The molecule has 1 aromatic carbocycles. The van der Waals surface area contributed by atoms with E-state index in [0.29, 0.717) is 6.42 Å². The highest BCUT2D eigenvalue weighted by Crippen LogP contribution is 2.30. The van der Waals surface area contributed by atoms with Gasteiger partial charge in [0, 0.05) is 20.0 Å². The van der Waals surface area contributed by atoms with Gasteiger partial charge in [-0.2, -0.15) is 8.42 Å². The molecular formula is C11H15Br3O4S. The number of rotatable bonds is 4. The number of aliphatic hydroxyl groups excluding tert-OH is 1. The largest absolute Gasteiger partial charge is 0.397 e. The van der Waals surface area contributed by atoms with Crippen molar-refractivity contribution < 1.29 is 17.7 Å². The summed E-state index contributed by atoms with van der Waals surface area (Å²) in [6.45, 7) is 2.07. The average molecular weight is 483 g/mol. The smallest absolute Gasteiger partial charge is 0.264 e. The van der Waals surface area contributed by atoms with Gasteiger partial charge in [-0.3, -0.25) is 4.18 Å². The maximum Gasteiger partial charge on any atom is 0.264 e. The zero-order chi connectivity index (χ0) is 15.1. The Balaban J connectivity index is 0.000000982.